The van der Waals surface area contributed by atoms with Crippen LogP contribution < -0.4 is 14.9 Å². The summed E-state index contributed by atoms with van der Waals surface area (Å²) in [6.07, 6.45) is 7.66. The molecule has 0 aliphatic carbocycles. The van der Waals surface area contributed by atoms with Crippen molar-refractivity contribution in [3.8, 4) is 0 Å². The van der Waals surface area contributed by atoms with Gasteiger partial charge < -0.3 is 20.1 Å². The lowest BCUT2D eigenvalue weighted by molar-refractivity contribution is -0.139. The molecular formula is C35H44Br2ClN5O8S3. The van der Waals surface area contributed by atoms with Crippen LogP contribution in [-0.2, 0) is 36.2 Å². The lowest BCUT2D eigenvalue weighted by Crippen LogP contribution is -2.41. The fraction of sp³-hybridized carbons (Fsp3) is 0.514. The van der Waals surface area contributed by atoms with Crippen molar-refractivity contribution in [2.45, 2.75) is 79.5 Å². The highest BCUT2D eigenvalue weighted by Gasteiger charge is 2.32. The molecule has 1 atom stereocenters. The number of carbonyl (C=O) groups is 2. The average molecular weight is 954 g/mol. The molecule has 4 heterocycles. The summed E-state index contributed by atoms with van der Waals surface area (Å²) in [5.41, 5.74) is 0.827. The van der Waals surface area contributed by atoms with E-state index >= 15 is 0 Å². The molecule has 3 aromatic rings. The Balaban J connectivity index is 1.01. The summed E-state index contributed by atoms with van der Waals surface area (Å²) in [5, 5.41) is 12.2. The van der Waals surface area contributed by atoms with E-state index in [0.29, 0.717) is 44.0 Å². The lowest BCUT2D eigenvalue weighted by Gasteiger charge is -2.34. The third-order valence-corrected chi connectivity index (χ3v) is 16.6. The molecule has 19 heteroatoms. The number of anilines is 1. The molecule has 2 fully saturated rings. The van der Waals surface area contributed by atoms with E-state index in [4.69, 9.17) is 16.3 Å². The first-order chi connectivity index (χ1) is 25.7. The zero-order valence-electron chi connectivity index (χ0n) is 29.5. The molecule has 13 nitrogen and oxygen atoms in total. The quantitative estimate of drug-likeness (QED) is 0.117. The first kappa shape index (κ1) is 42.8. The number of piperidine rings is 2. The first-order valence-corrected chi connectivity index (χ1v) is 23.5. The number of aromatic nitrogens is 1. The smallest absolute Gasteiger partial charge is 0.407 e. The number of carbonyl (C=O) groups excluding carboxylic acids is 1. The molecule has 0 unspecified atom stereocenters. The van der Waals surface area contributed by atoms with E-state index in [9.17, 15) is 31.5 Å². The van der Waals surface area contributed by atoms with E-state index in [-0.39, 0.29) is 35.1 Å². The van der Waals surface area contributed by atoms with E-state index < -0.39 is 38.2 Å². The number of thiophene rings is 1. The zero-order chi connectivity index (χ0) is 38.9. The van der Waals surface area contributed by atoms with Gasteiger partial charge in [0, 0.05) is 43.4 Å². The van der Waals surface area contributed by atoms with Crippen molar-refractivity contribution >= 4 is 92.7 Å². The second kappa shape index (κ2) is 19.7. The van der Waals surface area contributed by atoms with Crippen LogP contribution in [0.2, 0.25) is 4.34 Å². The fourth-order valence-corrected chi connectivity index (χ4v) is 12.6. The van der Waals surface area contributed by atoms with Gasteiger partial charge in [-0.25, -0.2) is 26.6 Å². The largest absolute Gasteiger partial charge is 0.480 e. The van der Waals surface area contributed by atoms with Crippen LogP contribution in [0.15, 0.2) is 66.7 Å². The van der Waals surface area contributed by atoms with Crippen LogP contribution in [-0.4, -0.2) is 82.1 Å². The number of ether oxygens (including phenoxy) is 1. The number of carboxylic acids is 1. The van der Waals surface area contributed by atoms with Crippen molar-refractivity contribution in [3.63, 3.8) is 0 Å². The SMILES string of the molecule is O=C(NCCC[C@H](NS(=O)(=O)c1cnc(N2CCC(CCCC3CCN(S(=O)(=O)c4cc(Br)c(Cl)s4)CC3)CC2)c(Br)c1)C(=O)O)OCc1ccccc1. The Hall–Kier alpha value is -2.32. The molecule has 3 N–H and O–H groups in total. The molecule has 2 saturated heterocycles. The van der Waals surface area contributed by atoms with Crippen molar-refractivity contribution in [3.05, 3.63) is 67.5 Å². The zero-order valence-corrected chi connectivity index (χ0v) is 35.8. The van der Waals surface area contributed by atoms with E-state index in [1.165, 1.54) is 12.3 Å². The molecule has 2 aromatic heterocycles. The van der Waals surface area contributed by atoms with Crippen molar-refractivity contribution < 1.29 is 36.3 Å². The molecule has 5 rings (SSSR count). The Bertz CT molecular complexity index is 1940. The maximum atomic E-state index is 13.2. The Kier molecular flexibility index (Phi) is 15.6. The van der Waals surface area contributed by atoms with Gasteiger partial charge in [0.15, 0.2) is 0 Å². The Morgan fingerprint density at radius 2 is 1.61 bits per heavy atom. The van der Waals surface area contributed by atoms with Crippen LogP contribution >= 0.6 is 54.8 Å². The third kappa shape index (κ3) is 11.8. The second-order valence-corrected chi connectivity index (χ2v) is 20.8. The number of alkyl carbamates (subject to hydrolysis) is 1. The van der Waals surface area contributed by atoms with Crippen LogP contribution in [0.4, 0.5) is 10.6 Å². The second-order valence-electron chi connectivity index (χ2n) is 13.5. The summed E-state index contributed by atoms with van der Waals surface area (Å²) in [5.74, 6) is 0.367. The molecule has 0 saturated carbocycles. The summed E-state index contributed by atoms with van der Waals surface area (Å²) in [7, 11) is -7.74. The normalized spacial score (nSPS) is 17.0. The highest BCUT2D eigenvalue weighted by Crippen LogP contribution is 2.37. The predicted octanol–water partition coefficient (Wildman–Crippen LogP) is 7.25. The first-order valence-electron chi connectivity index (χ1n) is 17.8. The molecule has 0 spiro atoms. The number of carboxylic acid groups (broad SMARTS) is 1. The van der Waals surface area contributed by atoms with Gasteiger partial charge in [-0.05, 0) is 99.9 Å². The van der Waals surface area contributed by atoms with Gasteiger partial charge in [0.1, 0.15) is 31.9 Å². The van der Waals surface area contributed by atoms with Gasteiger partial charge in [0.25, 0.3) is 10.0 Å². The number of nitrogens with one attached hydrogen (secondary N) is 2. The molecule has 2 aliphatic rings. The van der Waals surface area contributed by atoms with Crippen molar-refractivity contribution in [2.75, 3.05) is 37.6 Å². The minimum absolute atomic E-state index is 0.0523. The van der Waals surface area contributed by atoms with Crippen molar-refractivity contribution in [1.82, 2.24) is 19.3 Å². The van der Waals surface area contributed by atoms with E-state index in [1.54, 1.807) is 10.4 Å². The summed E-state index contributed by atoms with van der Waals surface area (Å²) in [4.78, 5) is 30.3. The summed E-state index contributed by atoms with van der Waals surface area (Å²) >= 11 is 13.9. The number of aliphatic carboxylic acids is 1. The minimum atomic E-state index is -4.21. The number of hydrogen-bond acceptors (Lipinski definition) is 10. The third-order valence-electron chi connectivity index (χ3n) is 9.78. The highest BCUT2D eigenvalue weighted by atomic mass is 79.9. The highest BCUT2D eigenvalue weighted by molar-refractivity contribution is 9.11. The van der Waals surface area contributed by atoms with Gasteiger partial charge in [0.2, 0.25) is 10.0 Å². The van der Waals surface area contributed by atoms with Gasteiger partial charge in [-0.15, -0.1) is 11.3 Å². The van der Waals surface area contributed by atoms with Gasteiger partial charge in [-0.2, -0.15) is 9.03 Å². The van der Waals surface area contributed by atoms with Crippen molar-refractivity contribution in [2.24, 2.45) is 11.8 Å². The summed E-state index contributed by atoms with van der Waals surface area (Å²) in [6.45, 7) is 2.78. The number of sulfonamides is 2. The Morgan fingerprint density at radius 3 is 2.20 bits per heavy atom. The van der Waals surface area contributed by atoms with Crippen LogP contribution in [0.5, 0.6) is 0 Å². The van der Waals surface area contributed by atoms with Gasteiger partial charge >= 0.3 is 12.1 Å². The Morgan fingerprint density at radius 1 is 0.963 bits per heavy atom. The molecular weight excluding hydrogens is 910 g/mol. The molecule has 1 amide bonds. The van der Waals surface area contributed by atoms with Gasteiger partial charge in [-0.1, -0.05) is 61.2 Å². The van der Waals surface area contributed by atoms with Gasteiger partial charge in [-0.3, -0.25) is 4.79 Å². The van der Waals surface area contributed by atoms with E-state index in [0.717, 1.165) is 74.9 Å². The van der Waals surface area contributed by atoms with Crippen molar-refractivity contribution in [1.29, 1.82) is 0 Å². The van der Waals surface area contributed by atoms with Gasteiger partial charge in [0.05, 0.1) is 4.47 Å². The molecule has 54 heavy (non-hydrogen) atoms. The number of amides is 1. The topological polar surface area (TPSA) is 175 Å². The summed E-state index contributed by atoms with van der Waals surface area (Å²) in [6, 6.07) is 10.8. The van der Waals surface area contributed by atoms with Crippen LogP contribution in [0, 0.1) is 11.8 Å². The molecule has 0 radical (unpaired) electrons. The number of rotatable bonds is 17. The number of halogens is 3. The maximum Gasteiger partial charge on any atom is 0.407 e. The average Bonchev–Trinajstić information content (AvgIpc) is 3.51. The molecule has 0 bridgehead atoms. The van der Waals surface area contributed by atoms with Crippen LogP contribution in [0.3, 0.4) is 0 Å². The molecule has 296 valence electrons. The predicted molar refractivity (Wildman–Crippen MR) is 215 cm³/mol. The summed E-state index contributed by atoms with van der Waals surface area (Å²) < 4.78 is 63.2. The number of benzene rings is 1. The standard InChI is InChI=1S/C35H44Br2ClN5O8S3/c36-28-21-31(52-32(28)38)54(49,50)43-18-13-25(14-19-43)9-4-8-24-11-16-42(17-12-24)33-29(37)20-27(22-40-33)53(47,48)41-30(34(44)45)10-5-15-39-35(46)51-23-26-6-2-1-3-7-26/h1-3,6-7,20-22,24-25,30,41H,4-5,8-19,23H2,(H,39,46)(H,44,45)/t30-/m0/s1. The van der Waals surface area contributed by atoms with Crippen LogP contribution in [0.25, 0.3) is 0 Å². The number of hydrogen-bond donors (Lipinski definition) is 3. The fourth-order valence-electron chi connectivity index (χ4n) is 6.70. The lowest BCUT2D eigenvalue weighted by atomic mass is 9.87. The van der Waals surface area contributed by atoms with Crippen LogP contribution in [0.1, 0.15) is 63.4 Å². The molecule has 1 aromatic carbocycles. The minimum Gasteiger partial charge on any atom is -0.480 e. The monoisotopic (exact) mass is 951 g/mol. The molecule has 2 aliphatic heterocycles. The number of pyridine rings is 1. The van der Waals surface area contributed by atoms with E-state index in [2.05, 4.69) is 51.8 Å². The Labute approximate surface area is 342 Å². The maximum absolute atomic E-state index is 13.2. The number of nitrogens with zero attached hydrogens (tertiary/aromatic N) is 3. The van der Waals surface area contributed by atoms with E-state index in [1.807, 2.05) is 30.3 Å².